The summed E-state index contributed by atoms with van der Waals surface area (Å²) in [7, 11) is 0. The molecule has 0 fully saturated rings. The number of hydrogen-bond donors (Lipinski definition) is 4. The van der Waals surface area contributed by atoms with Crippen LogP contribution in [-0.4, -0.2) is 17.1 Å². The molecule has 0 atom stereocenters. The van der Waals surface area contributed by atoms with Gasteiger partial charge in [-0.15, -0.1) is 0 Å². The zero-order chi connectivity index (χ0) is 15.2. The Morgan fingerprint density at radius 1 is 1.05 bits per heavy atom. The lowest BCUT2D eigenvalue weighted by Gasteiger charge is -2.10. The summed E-state index contributed by atoms with van der Waals surface area (Å²) in [6.45, 7) is 0. The molecule has 0 aliphatic rings. The summed E-state index contributed by atoms with van der Waals surface area (Å²) < 4.78 is 0. The van der Waals surface area contributed by atoms with Gasteiger partial charge in [-0.25, -0.2) is 4.79 Å². The summed E-state index contributed by atoms with van der Waals surface area (Å²) in [5, 5.41) is 14.0. The van der Waals surface area contributed by atoms with E-state index in [-0.39, 0.29) is 6.42 Å². The molecule has 108 valence electrons. The summed E-state index contributed by atoms with van der Waals surface area (Å²) in [5.74, 6) is -0.923. The first-order chi connectivity index (χ1) is 10.0. The van der Waals surface area contributed by atoms with Crippen molar-refractivity contribution in [3.8, 4) is 0 Å². The van der Waals surface area contributed by atoms with Gasteiger partial charge in [0.25, 0.3) is 0 Å². The highest BCUT2D eigenvalue weighted by Crippen LogP contribution is 2.17. The second-order valence-electron chi connectivity index (χ2n) is 4.44. The number of hydrogen-bond acceptors (Lipinski definition) is 3. The Bertz CT molecular complexity index is 671. The van der Waals surface area contributed by atoms with E-state index in [0.717, 1.165) is 0 Å². The first-order valence-corrected chi connectivity index (χ1v) is 6.28. The Morgan fingerprint density at radius 2 is 1.81 bits per heavy atom. The molecule has 0 saturated heterocycles. The molecule has 0 aromatic heterocycles. The van der Waals surface area contributed by atoms with E-state index in [4.69, 9.17) is 10.8 Å². The van der Waals surface area contributed by atoms with Crippen molar-refractivity contribution in [2.24, 2.45) is 0 Å². The number of nitrogens with one attached hydrogen (secondary N) is 2. The van der Waals surface area contributed by atoms with Gasteiger partial charge in [0.15, 0.2) is 0 Å². The van der Waals surface area contributed by atoms with Crippen LogP contribution in [0.25, 0.3) is 0 Å². The quantitative estimate of drug-likeness (QED) is 0.648. The molecule has 0 bridgehead atoms. The van der Waals surface area contributed by atoms with Gasteiger partial charge in [0.1, 0.15) is 0 Å². The molecule has 0 saturated carbocycles. The molecule has 0 radical (unpaired) electrons. The Morgan fingerprint density at radius 3 is 2.52 bits per heavy atom. The third kappa shape index (κ3) is 4.24. The Kier molecular flexibility index (Phi) is 4.40. The molecule has 0 spiro atoms. The van der Waals surface area contributed by atoms with Crippen LogP contribution in [0.3, 0.4) is 0 Å². The van der Waals surface area contributed by atoms with Crippen LogP contribution in [-0.2, 0) is 11.2 Å². The van der Waals surface area contributed by atoms with E-state index in [1.54, 1.807) is 48.5 Å². The average Bonchev–Trinajstić information content (AvgIpc) is 2.41. The van der Waals surface area contributed by atoms with Crippen LogP contribution in [0.5, 0.6) is 0 Å². The summed E-state index contributed by atoms with van der Waals surface area (Å²) in [4.78, 5) is 22.5. The zero-order valence-electron chi connectivity index (χ0n) is 11.2. The third-order valence-corrected chi connectivity index (χ3v) is 2.75. The van der Waals surface area contributed by atoms with Crippen molar-refractivity contribution >= 4 is 29.1 Å². The normalized spacial score (nSPS) is 9.90. The van der Waals surface area contributed by atoms with Crippen LogP contribution in [0, 0.1) is 0 Å². The van der Waals surface area contributed by atoms with Gasteiger partial charge in [-0.05, 0) is 29.8 Å². The van der Waals surface area contributed by atoms with Gasteiger partial charge < -0.3 is 21.5 Å². The Labute approximate surface area is 121 Å². The monoisotopic (exact) mass is 285 g/mol. The van der Waals surface area contributed by atoms with Crippen LogP contribution in [0.1, 0.15) is 5.56 Å². The van der Waals surface area contributed by atoms with E-state index in [0.29, 0.717) is 22.6 Å². The maximum absolute atomic E-state index is 11.9. The van der Waals surface area contributed by atoms with Crippen molar-refractivity contribution in [3.05, 3.63) is 54.1 Å². The molecular formula is C15H15N3O3. The number of nitrogen functional groups attached to an aromatic ring is 1. The lowest BCUT2D eigenvalue weighted by molar-refractivity contribution is -0.136. The summed E-state index contributed by atoms with van der Waals surface area (Å²) in [6.07, 6.45) is -0.0945. The van der Waals surface area contributed by atoms with E-state index in [1.165, 1.54) is 0 Å². The predicted molar refractivity (Wildman–Crippen MR) is 81.3 cm³/mol. The van der Waals surface area contributed by atoms with Crippen molar-refractivity contribution in [2.75, 3.05) is 16.4 Å². The lowest BCUT2D eigenvalue weighted by atomic mass is 10.1. The number of carboxylic acid groups (broad SMARTS) is 1. The van der Waals surface area contributed by atoms with E-state index in [9.17, 15) is 9.59 Å². The Balaban J connectivity index is 2.03. The summed E-state index contributed by atoms with van der Waals surface area (Å²) in [5.41, 5.74) is 7.83. The highest BCUT2D eigenvalue weighted by Gasteiger charge is 2.06. The van der Waals surface area contributed by atoms with E-state index < -0.39 is 12.0 Å². The number of carboxylic acids is 1. The van der Waals surface area contributed by atoms with Crippen LogP contribution in [0.2, 0.25) is 0 Å². The van der Waals surface area contributed by atoms with Crippen LogP contribution >= 0.6 is 0 Å². The predicted octanol–water partition coefficient (Wildman–Crippen LogP) is 2.54. The minimum absolute atomic E-state index is 0.0945. The largest absolute Gasteiger partial charge is 0.481 e. The van der Waals surface area contributed by atoms with Gasteiger partial charge in [0.05, 0.1) is 17.8 Å². The van der Waals surface area contributed by atoms with Crippen molar-refractivity contribution in [1.82, 2.24) is 0 Å². The van der Waals surface area contributed by atoms with Crippen molar-refractivity contribution in [1.29, 1.82) is 0 Å². The first kappa shape index (κ1) is 14.4. The highest BCUT2D eigenvalue weighted by molar-refractivity contribution is 6.01. The van der Waals surface area contributed by atoms with Crippen molar-refractivity contribution in [3.63, 3.8) is 0 Å². The third-order valence-electron chi connectivity index (χ3n) is 2.75. The van der Waals surface area contributed by atoms with Gasteiger partial charge in [0.2, 0.25) is 0 Å². The van der Waals surface area contributed by atoms with Crippen LogP contribution < -0.4 is 16.4 Å². The fraction of sp³-hybridized carbons (Fsp3) is 0.0667. The number of rotatable bonds is 4. The molecule has 2 aromatic rings. The van der Waals surface area contributed by atoms with Gasteiger partial charge >= 0.3 is 12.0 Å². The number of benzene rings is 2. The van der Waals surface area contributed by atoms with E-state index in [1.807, 2.05) is 0 Å². The number of para-hydroxylation sites is 2. The average molecular weight is 285 g/mol. The van der Waals surface area contributed by atoms with Crippen LogP contribution in [0.4, 0.5) is 21.9 Å². The van der Waals surface area contributed by atoms with E-state index in [2.05, 4.69) is 10.6 Å². The van der Waals surface area contributed by atoms with Gasteiger partial charge in [-0.1, -0.05) is 24.3 Å². The first-order valence-electron chi connectivity index (χ1n) is 6.28. The maximum atomic E-state index is 11.9. The molecule has 2 rings (SSSR count). The second kappa shape index (κ2) is 6.42. The summed E-state index contributed by atoms with van der Waals surface area (Å²) >= 11 is 0. The van der Waals surface area contributed by atoms with E-state index >= 15 is 0 Å². The number of aliphatic carboxylic acids is 1. The minimum atomic E-state index is -0.923. The molecular weight excluding hydrogens is 270 g/mol. The number of carbonyl (C=O) groups excluding carboxylic acids is 1. The zero-order valence-corrected chi connectivity index (χ0v) is 11.2. The van der Waals surface area contributed by atoms with Gasteiger partial charge in [0, 0.05) is 5.69 Å². The molecule has 2 aromatic carbocycles. The molecule has 6 nitrogen and oxygen atoms in total. The topological polar surface area (TPSA) is 104 Å². The minimum Gasteiger partial charge on any atom is -0.481 e. The highest BCUT2D eigenvalue weighted by atomic mass is 16.4. The SMILES string of the molecule is Nc1ccccc1NC(=O)Nc1cccc(CC(=O)O)c1. The maximum Gasteiger partial charge on any atom is 0.323 e. The number of urea groups is 1. The van der Waals surface area contributed by atoms with Gasteiger partial charge in [-0.3, -0.25) is 4.79 Å². The number of amides is 2. The molecule has 0 heterocycles. The van der Waals surface area contributed by atoms with Crippen LogP contribution in [0.15, 0.2) is 48.5 Å². The van der Waals surface area contributed by atoms with Gasteiger partial charge in [-0.2, -0.15) is 0 Å². The molecule has 0 aliphatic carbocycles. The molecule has 5 N–H and O–H groups in total. The molecule has 0 aliphatic heterocycles. The number of nitrogens with two attached hydrogens (primary N) is 1. The molecule has 6 heteroatoms. The number of anilines is 3. The lowest BCUT2D eigenvalue weighted by Crippen LogP contribution is -2.20. The molecule has 0 unspecified atom stereocenters. The van der Waals surface area contributed by atoms with Crippen molar-refractivity contribution in [2.45, 2.75) is 6.42 Å². The smallest absolute Gasteiger partial charge is 0.323 e. The molecule has 2 amide bonds. The van der Waals surface area contributed by atoms with Crippen molar-refractivity contribution < 1.29 is 14.7 Å². The molecule has 21 heavy (non-hydrogen) atoms. The fourth-order valence-electron chi connectivity index (χ4n) is 1.83. The summed E-state index contributed by atoms with van der Waals surface area (Å²) in [6, 6.07) is 13.1. The fourth-order valence-corrected chi connectivity index (χ4v) is 1.83. The Hall–Kier alpha value is -3.02. The number of carbonyl (C=O) groups is 2. The second-order valence-corrected chi connectivity index (χ2v) is 4.44. The standard InChI is InChI=1S/C15H15N3O3/c16-12-6-1-2-7-13(12)18-15(21)17-11-5-3-4-10(8-11)9-14(19)20/h1-8H,9,16H2,(H,19,20)(H2,17,18,21).